The number of halogens is 1. The lowest BCUT2D eigenvalue weighted by Crippen LogP contribution is -2.34. The third kappa shape index (κ3) is 4.87. The molecule has 4 nitrogen and oxygen atoms in total. The monoisotopic (exact) mass is 398 g/mol. The van der Waals surface area contributed by atoms with Crippen LogP contribution in [0.15, 0.2) is 60.9 Å². The zero-order valence-electron chi connectivity index (χ0n) is 15.6. The first-order valence-electron chi connectivity index (χ1n) is 8.84. The fraction of sp³-hybridized carbons (Fsp3) is 0.238. The smallest absolute Gasteiger partial charge is 0.171 e. The van der Waals surface area contributed by atoms with E-state index in [0.717, 1.165) is 17.1 Å². The maximum absolute atomic E-state index is 6.04. The van der Waals surface area contributed by atoms with E-state index in [1.165, 1.54) is 5.56 Å². The Morgan fingerprint density at radius 1 is 1.04 bits per heavy atom. The van der Waals surface area contributed by atoms with Crippen molar-refractivity contribution in [3.63, 3.8) is 0 Å². The van der Waals surface area contributed by atoms with Crippen LogP contribution in [0.1, 0.15) is 42.8 Å². The van der Waals surface area contributed by atoms with Crippen LogP contribution in [0.2, 0.25) is 5.02 Å². The Morgan fingerprint density at radius 3 is 2.22 bits per heavy atom. The Bertz CT molecular complexity index is 901. The summed E-state index contributed by atoms with van der Waals surface area (Å²) in [6, 6.07) is 15.8. The maximum atomic E-state index is 6.04. The minimum absolute atomic E-state index is 0.183. The average Bonchev–Trinajstić information content (AvgIpc) is 3.07. The maximum Gasteiger partial charge on any atom is 0.171 e. The quantitative estimate of drug-likeness (QED) is 0.574. The summed E-state index contributed by atoms with van der Waals surface area (Å²) in [5.41, 5.74) is 3.28. The lowest BCUT2D eigenvalue weighted by Gasteiger charge is -2.21. The van der Waals surface area contributed by atoms with Crippen LogP contribution in [0, 0.1) is 0 Å². The lowest BCUT2D eigenvalue weighted by molar-refractivity contribution is 0.664. The summed E-state index contributed by atoms with van der Waals surface area (Å²) >= 11 is 11.6. The van der Waals surface area contributed by atoms with Crippen molar-refractivity contribution in [2.75, 3.05) is 5.32 Å². The Hall–Kier alpha value is -2.37. The van der Waals surface area contributed by atoms with Crippen LogP contribution in [0.4, 0.5) is 5.69 Å². The standard InChI is InChI=1S/C21H23ClN4S/c1-14(2)15-6-10-18(11-7-15)24-21(27)25-19(20-23-12-13-26(20)3)16-4-8-17(22)9-5-16/h4-14,19H,1-3H3,(H2,24,25,27)/t19-/m0/s1. The van der Waals surface area contributed by atoms with Gasteiger partial charge in [0.05, 0.1) is 0 Å². The molecule has 0 saturated heterocycles. The number of thiocarbonyl (C=S) groups is 1. The SMILES string of the molecule is CC(C)c1ccc(NC(=S)N[C@@H](c2ccc(Cl)cc2)c2nccn2C)cc1. The molecule has 0 bridgehead atoms. The highest BCUT2D eigenvalue weighted by Gasteiger charge is 2.19. The second kappa shape index (κ2) is 8.55. The number of rotatable bonds is 5. The molecule has 1 heterocycles. The fourth-order valence-corrected chi connectivity index (χ4v) is 3.22. The van der Waals surface area contributed by atoms with E-state index in [0.29, 0.717) is 16.1 Å². The van der Waals surface area contributed by atoms with Gasteiger partial charge in [-0.2, -0.15) is 0 Å². The molecule has 0 saturated carbocycles. The molecule has 140 valence electrons. The van der Waals surface area contributed by atoms with Gasteiger partial charge in [0.2, 0.25) is 0 Å². The molecule has 0 aliphatic heterocycles. The van der Waals surface area contributed by atoms with Gasteiger partial charge in [-0.25, -0.2) is 4.98 Å². The van der Waals surface area contributed by atoms with Crippen molar-refractivity contribution in [3.8, 4) is 0 Å². The van der Waals surface area contributed by atoms with Gasteiger partial charge in [-0.15, -0.1) is 0 Å². The normalized spacial score (nSPS) is 12.0. The average molecular weight is 399 g/mol. The molecule has 0 aliphatic carbocycles. The number of imidazole rings is 1. The molecule has 1 aromatic heterocycles. The van der Waals surface area contributed by atoms with Crippen LogP contribution >= 0.6 is 23.8 Å². The Balaban J connectivity index is 1.78. The molecule has 6 heteroatoms. The number of nitrogens with one attached hydrogen (secondary N) is 2. The zero-order valence-corrected chi connectivity index (χ0v) is 17.2. The first kappa shape index (κ1) is 19.4. The molecule has 1 atom stereocenters. The first-order chi connectivity index (χ1) is 12.9. The Kier molecular flexibility index (Phi) is 6.14. The summed E-state index contributed by atoms with van der Waals surface area (Å²) in [6.07, 6.45) is 3.70. The summed E-state index contributed by atoms with van der Waals surface area (Å²) in [5.74, 6) is 1.37. The topological polar surface area (TPSA) is 41.9 Å². The van der Waals surface area contributed by atoms with Crippen LogP contribution in [0.3, 0.4) is 0 Å². The molecule has 0 aliphatic rings. The minimum atomic E-state index is -0.183. The van der Waals surface area contributed by atoms with E-state index >= 15 is 0 Å². The van der Waals surface area contributed by atoms with Crippen molar-refractivity contribution in [2.24, 2.45) is 7.05 Å². The van der Waals surface area contributed by atoms with E-state index in [-0.39, 0.29) is 6.04 Å². The Labute approximate surface area is 170 Å². The van der Waals surface area contributed by atoms with E-state index in [9.17, 15) is 0 Å². The summed E-state index contributed by atoms with van der Waals surface area (Å²) < 4.78 is 1.98. The van der Waals surface area contributed by atoms with Crippen molar-refractivity contribution in [2.45, 2.75) is 25.8 Å². The molecule has 3 aromatic rings. The van der Waals surface area contributed by atoms with Crippen molar-refractivity contribution < 1.29 is 0 Å². The number of benzene rings is 2. The van der Waals surface area contributed by atoms with Crippen molar-refractivity contribution in [1.29, 1.82) is 0 Å². The third-order valence-electron chi connectivity index (χ3n) is 4.43. The molecule has 2 aromatic carbocycles. The number of anilines is 1. The largest absolute Gasteiger partial charge is 0.348 e. The van der Waals surface area contributed by atoms with Crippen molar-refractivity contribution >= 4 is 34.6 Å². The summed E-state index contributed by atoms with van der Waals surface area (Å²) in [4.78, 5) is 4.49. The highest BCUT2D eigenvalue weighted by molar-refractivity contribution is 7.80. The van der Waals surface area contributed by atoms with Crippen LogP contribution in [0.5, 0.6) is 0 Å². The highest BCUT2D eigenvalue weighted by atomic mass is 35.5. The molecule has 2 N–H and O–H groups in total. The molecule has 0 fully saturated rings. The van der Waals surface area contributed by atoms with Gasteiger partial charge in [0, 0.05) is 30.2 Å². The van der Waals surface area contributed by atoms with E-state index in [4.69, 9.17) is 23.8 Å². The number of hydrogen-bond donors (Lipinski definition) is 2. The third-order valence-corrected chi connectivity index (χ3v) is 4.90. The van der Waals surface area contributed by atoms with Gasteiger partial charge >= 0.3 is 0 Å². The molecule has 27 heavy (non-hydrogen) atoms. The lowest BCUT2D eigenvalue weighted by atomic mass is 10.0. The first-order valence-corrected chi connectivity index (χ1v) is 9.63. The summed E-state index contributed by atoms with van der Waals surface area (Å²) in [6.45, 7) is 4.36. The van der Waals surface area contributed by atoms with Crippen LogP contribution in [-0.4, -0.2) is 14.7 Å². The molecule has 0 amide bonds. The van der Waals surface area contributed by atoms with Gasteiger partial charge in [0.15, 0.2) is 5.11 Å². The Morgan fingerprint density at radius 2 is 1.67 bits per heavy atom. The molecule has 3 rings (SSSR count). The van der Waals surface area contributed by atoms with Crippen LogP contribution in [-0.2, 0) is 7.05 Å². The van der Waals surface area contributed by atoms with Gasteiger partial charge in [-0.1, -0.05) is 49.7 Å². The summed E-state index contributed by atoms with van der Waals surface area (Å²) in [5, 5.41) is 7.87. The predicted molar refractivity (Wildman–Crippen MR) is 116 cm³/mol. The van der Waals surface area contributed by atoms with Crippen molar-refractivity contribution in [1.82, 2.24) is 14.9 Å². The molecule has 0 spiro atoms. The van der Waals surface area contributed by atoms with Crippen LogP contribution < -0.4 is 10.6 Å². The van der Waals surface area contributed by atoms with E-state index in [1.807, 2.05) is 54.2 Å². The van der Waals surface area contributed by atoms with Gasteiger partial charge < -0.3 is 15.2 Å². The molecule has 0 radical (unpaired) electrons. The van der Waals surface area contributed by atoms with Gasteiger partial charge in [-0.05, 0) is 53.5 Å². The fourth-order valence-electron chi connectivity index (χ4n) is 2.86. The predicted octanol–water partition coefficient (Wildman–Crippen LogP) is 5.27. The van der Waals surface area contributed by atoms with Gasteiger partial charge in [0.25, 0.3) is 0 Å². The number of nitrogens with zero attached hydrogens (tertiary/aromatic N) is 2. The second-order valence-corrected chi connectivity index (χ2v) is 7.60. The van der Waals surface area contributed by atoms with Crippen LogP contribution in [0.25, 0.3) is 0 Å². The molecule has 0 unspecified atom stereocenters. The van der Waals surface area contributed by atoms with Crippen molar-refractivity contribution in [3.05, 3.63) is 82.9 Å². The van der Waals surface area contributed by atoms with Gasteiger partial charge in [-0.3, -0.25) is 0 Å². The van der Waals surface area contributed by atoms with E-state index in [2.05, 4.69) is 41.6 Å². The number of aromatic nitrogens is 2. The number of hydrogen-bond acceptors (Lipinski definition) is 2. The second-order valence-electron chi connectivity index (χ2n) is 6.76. The van der Waals surface area contributed by atoms with E-state index in [1.54, 1.807) is 6.20 Å². The summed E-state index contributed by atoms with van der Waals surface area (Å²) in [7, 11) is 1.97. The van der Waals surface area contributed by atoms with E-state index < -0.39 is 0 Å². The highest BCUT2D eigenvalue weighted by Crippen LogP contribution is 2.23. The van der Waals surface area contributed by atoms with Gasteiger partial charge in [0.1, 0.15) is 11.9 Å². The number of aryl methyl sites for hydroxylation is 1. The minimum Gasteiger partial charge on any atom is -0.348 e. The molecular formula is C21H23ClN4S. The zero-order chi connectivity index (χ0) is 19.4. The molecular weight excluding hydrogens is 376 g/mol.